The Morgan fingerprint density at radius 1 is 1.30 bits per heavy atom. The molecule has 1 aromatic carbocycles. The number of carbonyl (C=O) groups is 3. The number of benzene rings is 1. The van der Waals surface area contributed by atoms with E-state index in [1.54, 1.807) is 13.0 Å². The number of methoxy groups -OCH3 is 1. The van der Waals surface area contributed by atoms with Crippen LogP contribution in [0.15, 0.2) is 30.3 Å². The van der Waals surface area contributed by atoms with Crippen molar-refractivity contribution in [1.29, 1.82) is 0 Å². The summed E-state index contributed by atoms with van der Waals surface area (Å²) < 4.78 is 18.2. The summed E-state index contributed by atoms with van der Waals surface area (Å²) in [4.78, 5) is 37.4. The molecule has 2 amide bonds. The van der Waals surface area contributed by atoms with Crippen LogP contribution in [-0.4, -0.2) is 54.6 Å². The third kappa shape index (κ3) is 5.60. The van der Waals surface area contributed by atoms with Gasteiger partial charge in [-0.2, -0.15) is 0 Å². The van der Waals surface area contributed by atoms with E-state index in [1.807, 2.05) is 0 Å². The molecule has 0 aliphatic carbocycles. The topological polar surface area (TPSA) is 95.9 Å². The van der Waals surface area contributed by atoms with Crippen molar-refractivity contribution in [2.75, 3.05) is 32.1 Å². The highest BCUT2D eigenvalue weighted by molar-refractivity contribution is 7.18. The first-order valence-electron chi connectivity index (χ1n) is 7.99. The maximum absolute atomic E-state index is 13.2. The lowest BCUT2D eigenvalue weighted by molar-refractivity contribution is -0.137. The summed E-state index contributed by atoms with van der Waals surface area (Å²) in [6.45, 7) is 1.57. The maximum Gasteiger partial charge on any atom is 0.323 e. The first-order valence-corrected chi connectivity index (χ1v) is 8.80. The van der Waals surface area contributed by atoms with Crippen molar-refractivity contribution in [2.45, 2.75) is 6.92 Å². The Morgan fingerprint density at radius 2 is 2.04 bits per heavy atom. The van der Waals surface area contributed by atoms with E-state index in [9.17, 15) is 18.8 Å². The SMILES string of the molecule is COCCN(CC(=O)O)C(=O)c1sc(NC(=O)c2cccc(F)c2)cc1C. The van der Waals surface area contributed by atoms with Crippen LogP contribution in [0.4, 0.5) is 9.39 Å². The molecule has 144 valence electrons. The zero-order chi connectivity index (χ0) is 20.0. The highest BCUT2D eigenvalue weighted by Gasteiger charge is 2.23. The molecule has 27 heavy (non-hydrogen) atoms. The van der Waals surface area contributed by atoms with Crippen LogP contribution in [0.2, 0.25) is 0 Å². The molecule has 9 heteroatoms. The Morgan fingerprint density at radius 3 is 2.67 bits per heavy atom. The zero-order valence-electron chi connectivity index (χ0n) is 14.8. The second-order valence-electron chi connectivity index (χ2n) is 5.70. The number of aliphatic carboxylic acids is 1. The van der Waals surface area contributed by atoms with Gasteiger partial charge in [0.25, 0.3) is 11.8 Å². The number of carboxylic acids is 1. The highest BCUT2D eigenvalue weighted by atomic mass is 32.1. The van der Waals surface area contributed by atoms with Crippen LogP contribution in [0, 0.1) is 12.7 Å². The predicted octanol–water partition coefficient (Wildman–Crippen LogP) is 2.62. The number of anilines is 1. The van der Waals surface area contributed by atoms with E-state index >= 15 is 0 Å². The molecule has 7 nitrogen and oxygen atoms in total. The van der Waals surface area contributed by atoms with Crippen LogP contribution >= 0.6 is 11.3 Å². The molecule has 0 fully saturated rings. The third-order valence-electron chi connectivity index (χ3n) is 3.61. The van der Waals surface area contributed by atoms with E-state index in [1.165, 1.54) is 30.2 Å². The summed E-state index contributed by atoms with van der Waals surface area (Å²) >= 11 is 1.03. The number of carbonyl (C=O) groups excluding carboxylic acids is 2. The molecule has 2 rings (SSSR count). The molecule has 1 aromatic heterocycles. The van der Waals surface area contributed by atoms with Gasteiger partial charge < -0.3 is 20.1 Å². The molecule has 2 N–H and O–H groups in total. The van der Waals surface area contributed by atoms with E-state index in [0.29, 0.717) is 15.4 Å². The quantitative estimate of drug-likeness (QED) is 0.718. The van der Waals surface area contributed by atoms with Crippen molar-refractivity contribution in [1.82, 2.24) is 4.90 Å². The summed E-state index contributed by atoms with van der Waals surface area (Å²) in [6, 6.07) is 6.87. The molecular formula is C18H19FN2O5S. The molecular weight excluding hydrogens is 375 g/mol. The number of hydrogen-bond acceptors (Lipinski definition) is 5. The molecule has 0 aliphatic heterocycles. The highest BCUT2D eigenvalue weighted by Crippen LogP contribution is 2.28. The number of halogens is 1. The minimum Gasteiger partial charge on any atom is -0.480 e. The molecule has 0 atom stereocenters. The third-order valence-corrected chi connectivity index (χ3v) is 4.75. The van der Waals surface area contributed by atoms with Gasteiger partial charge in [0.1, 0.15) is 12.4 Å². The predicted molar refractivity (Wildman–Crippen MR) is 98.8 cm³/mol. The standard InChI is InChI=1S/C18H19FN2O5S/c1-11-8-14(20-17(24)12-4-3-5-13(19)9-12)27-16(11)18(25)21(6-7-26-2)10-15(22)23/h3-5,8-9H,6-7,10H2,1-2H3,(H,20,24)(H,22,23). The van der Waals surface area contributed by atoms with Crippen LogP contribution in [0.25, 0.3) is 0 Å². The number of rotatable bonds is 8. The van der Waals surface area contributed by atoms with Crippen LogP contribution in [-0.2, 0) is 9.53 Å². The maximum atomic E-state index is 13.2. The van der Waals surface area contributed by atoms with Gasteiger partial charge in [-0.25, -0.2) is 4.39 Å². The Balaban J connectivity index is 2.17. The van der Waals surface area contributed by atoms with Crippen LogP contribution in [0.3, 0.4) is 0 Å². The van der Waals surface area contributed by atoms with Gasteiger partial charge in [-0.1, -0.05) is 6.07 Å². The van der Waals surface area contributed by atoms with Crippen LogP contribution in [0.1, 0.15) is 25.6 Å². The van der Waals surface area contributed by atoms with E-state index in [2.05, 4.69) is 5.32 Å². The van der Waals surface area contributed by atoms with E-state index < -0.39 is 30.1 Å². The summed E-state index contributed by atoms with van der Waals surface area (Å²) in [5.41, 5.74) is 0.758. The second-order valence-corrected chi connectivity index (χ2v) is 6.75. The number of carboxylic acid groups (broad SMARTS) is 1. The van der Waals surface area contributed by atoms with Crippen molar-refractivity contribution in [3.8, 4) is 0 Å². The minimum absolute atomic E-state index is 0.129. The second kappa shape index (κ2) is 9.24. The zero-order valence-corrected chi connectivity index (χ0v) is 15.6. The van der Waals surface area contributed by atoms with Gasteiger partial charge in [0.05, 0.1) is 16.5 Å². The normalized spacial score (nSPS) is 10.5. The summed E-state index contributed by atoms with van der Waals surface area (Å²) in [7, 11) is 1.46. The number of nitrogens with one attached hydrogen (secondary N) is 1. The lowest BCUT2D eigenvalue weighted by Gasteiger charge is -2.19. The fourth-order valence-electron chi connectivity index (χ4n) is 2.33. The molecule has 1 heterocycles. The molecule has 0 bridgehead atoms. The monoisotopic (exact) mass is 394 g/mol. The number of thiophene rings is 1. The minimum atomic E-state index is -1.13. The van der Waals surface area contributed by atoms with Gasteiger partial charge in [-0.05, 0) is 36.8 Å². The summed E-state index contributed by atoms with van der Waals surface area (Å²) in [5, 5.41) is 12.0. The molecule has 0 spiro atoms. The smallest absolute Gasteiger partial charge is 0.323 e. The Hall–Kier alpha value is -2.78. The lowest BCUT2D eigenvalue weighted by atomic mass is 10.2. The Kier molecular flexibility index (Phi) is 7.03. The molecule has 0 radical (unpaired) electrons. The summed E-state index contributed by atoms with van der Waals surface area (Å²) in [5.74, 6) is -2.61. The number of ether oxygens (including phenoxy) is 1. The summed E-state index contributed by atoms with van der Waals surface area (Å²) in [6.07, 6.45) is 0. The molecule has 0 unspecified atom stereocenters. The lowest BCUT2D eigenvalue weighted by Crippen LogP contribution is -2.37. The average Bonchev–Trinajstić information content (AvgIpc) is 2.97. The van der Waals surface area contributed by atoms with E-state index in [-0.39, 0.29) is 18.7 Å². The van der Waals surface area contributed by atoms with Gasteiger partial charge in [-0.3, -0.25) is 14.4 Å². The van der Waals surface area contributed by atoms with Gasteiger partial charge in [-0.15, -0.1) is 11.3 Å². The van der Waals surface area contributed by atoms with Crippen molar-refractivity contribution in [3.05, 3.63) is 52.2 Å². The Labute approximate surface area is 159 Å². The first kappa shape index (κ1) is 20.5. The van der Waals surface area contributed by atoms with Crippen LogP contribution < -0.4 is 5.32 Å². The van der Waals surface area contributed by atoms with Gasteiger partial charge in [0.2, 0.25) is 0 Å². The van der Waals surface area contributed by atoms with Crippen molar-refractivity contribution < 1.29 is 28.6 Å². The molecule has 0 saturated carbocycles. The fraction of sp³-hybridized carbons (Fsp3) is 0.278. The average molecular weight is 394 g/mol. The van der Waals surface area contributed by atoms with Crippen LogP contribution in [0.5, 0.6) is 0 Å². The molecule has 2 aromatic rings. The molecule has 0 saturated heterocycles. The molecule has 0 aliphatic rings. The van der Waals surface area contributed by atoms with Crippen molar-refractivity contribution >= 4 is 34.1 Å². The first-order chi connectivity index (χ1) is 12.8. The largest absolute Gasteiger partial charge is 0.480 e. The Bertz CT molecular complexity index is 852. The van der Waals surface area contributed by atoms with E-state index in [0.717, 1.165) is 17.4 Å². The number of aryl methyl sites for hydroxylation is 1. The van der Waals surface area contributed by atoms with E-state index in [4.69, 9.17) is 9.84 Å². The van der Waals surface area contributed by atoms with Crippen molar-refractivity contribution in [3.63, 3.8) is 0 Å². The number of hydrogen-bond donors (Lipinski definition) is 2. The number of amides is 2. The number of nitrogens with zero attached hydrogens (tertiary/aromatic N) is 1. The van der Waals surface area contributed by atoms with Gasteiger partial charge in [0.15, 0.2) is 0 Å². The van der Waals surface area contributed by atoms with Gasteiger partial charge in [0, 0.05) is 19.2 Å². The van der Waals surface area contributed by atoms with Crippen molar-refractivity contribution in [2.24, 2.45) is 0 Å². The van der Waals surface area contributed by atoms with Gasteiger partial charge >= 0.3 is 5.97 Å². The fourth-order valence-corrected chi connectivity index (χ4v) is 3.37.